The predicted molar refractivity (Wildman–Crippen MR) is 149 cm³/mol. The van der Waals surface area contributed by atoms with E-state index in [-0.39, 0.29) is 23.9 Å². The molecule has 1 aliphatic heterocycles. The Labute approximate surface area is 222 Å². The van der Waals surface area contributed by atoms with Crippen LogP contribution in [-0.2, 0) is 4.43 Å². The van der Waals surface area contributed by atoms with Crippen molar-refractivity contribution in [2.75, 3.05) is 35.2 Å². The van der Waals surface area contributed by atoms with E-state index >= 15 is 0 Å². The van der Waals surface area contributed by atoms with Crippen LogP contribution in [0.15, 0.2) is 30.4 Å². The maximum Gasteiger partial charge on any atom is 0.231 e. The largest absolute Gasteiger partial charge is 0.493 e. The van der Waals surface area contributed by atoms with Crippen molar-refractivity contribution in [3.05, 3.63) is 35.9 Å². The minimum Gasteiger partial charge on any atom is -0.493 e. The lowest BCUT2D eigenvalue weighted by molar-refractivity contribution is 0.142. The Hall–Kier alpha value is -2.84. The molecule has 204 valence electrons. The summed E-state index contributed by atoms with van der Waals surface area (Å²) < 4.78 is 41.8. The van der Waals surface area contributed by atoms with Gasteiger partial charge in [0.15, 0.2) is 31.3 Å². The highest BCUT2D eigenvalue weighted by molar-refractivity contribution is 6.74. The van der Waals surface area contributed by atoms with Crippen molar-refractivity contribution in [2.45, 2.75) is 58.9 Å². The molecular weight excluding hydrogens is 488 g/mol. The lowest BCUT2D eigenvalue weighted by atomic mass is 9.86. The predicted octanol–water partition coefficient (Wildman–Crippen LogP) is 7.39. The van der Waals surface area contributed by atoms with Gasteiger partial charge >= 0.3 is 0 Å². The van der Waals surface area contributed by atoms with E-state index in [4.69, 9.17) is 32.8 Å². The summed E-state index contributed by atoms with van der Waals surface area (Å²) in [5, 5.41) is 0.00713. The summed E-state index contributed by atoms with van der Waals surface area (Å²) in [6, 6.07) is 5.85. The van der Waals surface area contributed by atoms with Gasteiger partial charge in [-0.15, -0.1) is 0 Å². The molecule has 37 heavy (non-hydrogen) atoms. The molecular formula is C29H42O7Si. The van der Waals surface area contributed by atoms with Gasteiger partial charge in [0, 0.05) is 11.5 Å². The summed E-state index contributed by atoms with van der Waals surface area (Å²) >= 11 is 0. The first-order valence-electron chi connectivity index (χ1n) is 12.4. The Bertz CT molecular complexity index is 1120. The first-order chi connectivity index (χ1) is 17.3. The Morgan fingerprint density at radius 1 is 0.919 bits per heavy atom. The molecule has 0 fully saturated rings. The fourth-order valence-electron chi connectivity index (χ4n) is 4.16. The Morgan fingerprint density at radius 2 is 1.49 bits per heavy atom. The zero-order chi connectivity index (χ0) is 27.7. The fourth-order valence-corrected chi connectivity index (χ4v) is 5.48. The van der Waals surface area contributed by atoms with Gasteiger partial charge in [0.05, 0.1) is 34.5 Å². The van der Waals surface area contributed by atoms with Crippen LogP contribution in [0.3, 0.4) is 0 Å². The molecule has 0 unspecified atom stereocenters. The number of rotatable bonds is 10. The molecule has 2 atom stereocenters. The Kier molecular flexibility index (Phi) is 8.44. The summed E-state index contributed by atoms with van der Waals surface area (Å²) in [5.41, 5.74) is 3.59. The van der Waals surface area contributed by atoms with E-state index in [0.29, 0.717) is 34.5 Å². The summed E-state index contributed by atoms with van der Waals surface area (Å²) in [5.74, 6) is 3.36. The molecule has 0 aromatic heterocycles. The van der Waals surface area contributed by atoms with Gasteiger partial charge in [-0.05, 0) is 54.4 Å². The van der Waals surface area contributed by atoms with Crippen LogP contribution in [-0.4, -0.2) is 43.5 Å². The maximum atomic E-state index is 7.13. The van der Waals surface area contributed by atoms with E-state index in [2.05, 4.69) is 47.4 Å². The second kappa shape index (κ2) is 10.9. The van der Waals surface area contributed by atoms with Crippen LogP contribution in [0, 0.1) is 5.92 Å². The molecule has 0 radical (unpaired) electrons. The van der Waals surface area contributed by atoms with Crippen molar-refractivity contribution in [3.8, 4) is 45.6 Å². The second-order valence-corrected chi connectivity index (χ2v) is 15.7. The molecule has 0 saturated heterocycles. The van der Waals surface area contributed by atoms with E-state index in [1.807, 2.05) is 25.1 Å². The van der Waals surface area contributed by atoms with E-state index < -0.39 is 8.32 Å². The number of hydrogen-bond acceptors (Lipinski definition) is 7. The van der Waals surface area contributed by atoms with Gasteiger partial charge in [-0.1, -0.05) is 39.8 Å². The third-order valence-electron chi connectivity index (χ3n) is 7.57. The zero-order valence-corrected chi connectivity index (χ0v) is 25.2. The summed E-state index contributed by atoms with van der Waals surface area (Å²) in [7, 11) is 4.22. The number of methoxy groups -OCH3 is 4. The van der Waals surface area contributed by atoms with Crippen LogP contribution < -0.4 is 28.4 Å². The van der Waals surface area contributed by atoms with Gasteiger partial charge in [0.25, 0.3) is 0 Å². The average molecular weight is 531 g/mol. The van der Waals surface area contributed by atoms with E-state index in [0.717, 1.165) is 22.3 Å². The smallest absolute Gasteiger partial charge is 0.231 e. The van der Waals surface area contributed by atoms with Crippen molar-refractivity contribution in [2.24, 2.45) is 5.92 Å². The van der Waals surface area contributed by atoms with Crippen molar-refractivity contribution in [3.63, 3.8) is 0 Å². The lowest BCUT2D eigenvalue weighted by Crippen LogP contribution is -2.43. The third kappa shape index (κ3) is 5.41. The molecule has 2 aromatic rings. The van der Waals surface area contributed by atoms with Crippen LogP contribution >= 0.6 is 0 Å². The quantitative estimate of drug-likeness (QED) is 0.234. The number of hydrogen-bond donors (Lipinski definition) is 0. The van der Waals surface area contributed by atoms with Gasteiger partial charge in [-0.2, -0.15) is 0 Å². The first-order valence-corrected chi connectivity index (χ1v) is 15.4. The normalized spacial score (nSPS) is 14.7. The van der Waals surface area contributed by atoms with Crippen LogP contribution in [0.5, 0.6) is 34.5 Å². The third-order valence-corrected chi connectivity index (χ3v) is 12.0. The van der Waals surface area contributed by atoms with Crippen LogP contribution in [0.25, 0.3) is 11.1 Å². The van der Waals surface area contributed by atoms with Gasteiger partial charge in [0.2, 0.25) is 18.3 Å². The maximum absolute atomic E-state index is 7.13. The van der Waals surface area contributed by atoms with Gasteiger partial charge in [-0.25, -0.2) is 0 Å². The number of fused-ring (bicyclic) bond motifs is 1. The van der Waals surface area contributed by atoms with Crippen molar-refractivity contribution >= 4 is 8.32 Å². The highest BCUT2D eigenvalue weighted by Gasteiger charge is 2.42. The van der Waals surface area contributed by atoms with E-state index in [9.17, 15) is 0 Å². The zero-order valence-electron chi connectivity index (χ0n) is 24.2. The highest BCUT2D eigenvalue weighted by Crippen LogP contribution is 2.55. The van der Waals surface area contributed by atoms with Crippen LogP contribution in [0.2, 0.25) is 18.1 Å². The summed E-state index contributed by atoms with van der Waals surface area (Å²) in [6.07, 6.45) is -0.309. The Morgan fingerprint density at radius 3 is 1.95 bits per heavy atom. The average Bonchev–Trinajstić information content (AvgIpc) is 3.32. The molecule has 0 bridgehead atoms. The topological polar surface area (TPSA) is 64.6 Å². The highest BCUT2D eigenvalue weighted by atomic mass is 28.4. The Balaban J connectivity index is 2.41. The SMILES string of the molecule is C=C(C)[C@H](C)[C@@H](O[Si](C)(C)C(C)(C)C)c1cc2c(c(OC)c1-c1cc(OC)c(OC)c(OC)c1)OCO2. The monoisotopic (exact) mass is 530 g/mol. The number of benzene rings is 2. The van der Waals surface area contributed by atoms with Gasteiger partial charge in [-0.3, -0.25) is 0 Å². The van der Waals surface area contributed by atoms with Crippen LogP contribution in [0.1, 0.15) is 46.3 Å². The molecule has 0 N–H and O–H groups in total. The number of ether oxygens (including phenoxy) is 6. The van der Waals surface area contributed by atoms with Crippen molar-refractivity contribution in [1.29, 1.82) is 0 Å². The minimum atomic E-state index is -2.21. The van der Waals surface area contributed by atoms with E-state index in [1.165, 1.54) is 0 Å². The van der Waals surface area contributed by atoms with Crippen molar-refractivity contribution in [1.82, 2.24) is 0 Å². The minimum absolute atomic E-state index is 0.00713. The van der Waals surface area contributed by atoms with Crippen molar-refractivity contribution < 1.29 is 32.8 Å². The molecule has 1 heterocycles. The fraction of sp³-hybridized carbons (Fsp3) is 0.517. The van der Waals surface area contributed by atoms with Crippen LogP contribution in [0.4, 0.5) is 0 Å². The molecule has 3 rings (SSSR count). The second-order valence-electron chi connectivity index (χ2n) is 11.0. The molecule has 0 amide bonds. The van der Waals surface area contributed by atoms with Gasteiger partial charge in [0.1, 0.15) is 0 Å². The summed E-state index contributed by atoms with van der Waals surface area (Å²) in [6.45, 7) is 19.8. The molecule has 7 nitrogen and oxygen atoms in total. The standard InChI is InChI=1S/C29H42O7Si/c1-17(2)18(3)25(36-37(11,12)29(4,5)6)20-15-23-27(35-16-34-23)28(33-10)24(20)19-13-21(30-7)26(32-9)22(14-19)31-8/h13-15,18,25H,1,16H2,2-12H3/t18-,25+/m0/s1. The first kappa shape index (κ1) is 28.7. The molecule has 2 aromatic carbocycles. The summed E-state index contributed by atoms with van der Waals surface area (Å²) in [4.78, 5) is 0. The molecule has 0 saturated carbocycles. The molecule has 1 aliphatic rings. The van der Waals surface area contributed by atoms with E-state index in [1.54, 1.807) is 28.4 Å². The molecule has 0 spiro atoms. The molecule has 0 aliphatic carbocycles. The molecule has 8 heteroatoms. The van der Waals surface area contributed by atoms with Gasteiger partial charge < -0.3 is 32.8 Å². The lowest BCUT2D eigenvalue weighted by Gasteiger charge is -2.42.